The van der Waals surface area contributed by atoms with Gasteiger partial charge in [0.15, 0.2) is 0 Å². The smallest absolute Gasteiger partial charge is 0.256 e. The van der Waals surface area contributed by atoms with Crippen LogP contribution in [-0.2, 0) is 0 Å². The van der Waals surface area contributed by atoms with Crippen LogP contribution in [0.2, 0.25) is 19.6 Å². The maximum absolute atomic E-state index is 11.1. The summed E-state index contributed by atoms with van der Waals surface area (Å²) in [4.78, 5) is 11.1. The molecule has 1 aromatic rings. The fourth-order valence-electron chi connectivity index (χ4n) is 1.05. The van der Waals surface area contributed by atoms with Crippen molar-refractivity contribution in [2.45, 2.75) is 19.6 Å². The van der Waals surface area contributed by atoms with E-state index < -0.39 is 13.6 Å². The number of carbonyl (C=O) groups excluding carboxylic acids is 1. The van der Waals surface area contributed by atoms with E-state index in [0.717, 1.165) is 0 Å². The first-order chi connectivity index (χ1) is 6.40. The Morgan fingerprint density at radius 3 is 2.36 bits per heavy atom. The van der Waals surface area contributed by atoms with Crippen molar-refractivity contribution in [1.29, 1.82) is 0 Å². The van der Waals surface area contributed by atoms with Crippen molar-refractivity contribution in [3.05, 3.63) is 29.8 Å². The Bertz CT molecular complexity index is 344. The van der Waals surface area contributed by atoms with E-state index in [2.05, 4.69) is 19.6 Å². The minimum absolute atomic E-state index is 0.441. The second-order valence-electron chi connectivity index (χ2n) is 3.98. The Morgan fingerprint density at radius 2 is 1.86 bits per heavy atom. The fourth-order valence-corrected chi connectivity index (χ4v) is 2.04. The van der Waals surface area contributed by atoms with Crippen molar-refractivity contribution < 1.29 is 9.22 Å². The summed E-state index contributed by atoms with van der Waals surface area (Å²) in [6.45, 7) is 6.17. The van der Waals surface area contributed by atoms with Crippen molar-refractivity contribution >= 4 is 25.2 Å². The summed E-state index contributed by atoms with van der Waals surface area (Å²) in [6, 6.07) is 7.05. The van der Waals surface area contributed by atoms with E-state index in [1.54, 1.807) is 18.2 Å². The average Bonchev–Trinajstić information content (AvgIpc) is 2.01. The predicted molar refractivity (Wildman–Crippen MR) is 60.6 cm³/mol. The molecule has 0 aromatic heterocycles. The SMILES string of the molecule is C[Si](C)(C)Oc1ccccc1C(=O)Cl. The lowest BCUT2D eigenvalue weighted by Crippen LogP contribution is -2.29. The standard InChI is InChI=1S/C10H13ClO2Si/c1-14(2,3)13-9-7-5-4-6-8(9)10(11)12/h4-7H,1-3H3. The van der Waals surface area contributed by atoms with Crippen LogP contribution in [0, 0.1) is 0 Å². The van der Waals surface area contributed by atoms with Gasteiger partial charge in [0, 0.05) is 0 Å². The van der Waals surface area contributed by atoms with E-state index in [4.69, 9.17) is 16.0 Å². The number of halogens is 1. The molecule has 0 amide bonds. The fraction of sp³-hybridized carbons (Fsp3) is 0.300. The quantitative estimate of drug-likeness (QED) is 0.586. The molecule has 4 heteroatoms. The Kier molecular flexibility index (Phi) is 3.34. The molecule has 0 aliphatic carbocycles. The molecule has 0 heterocycles. The molecular weight excluding hydrogens is 216 g/mol. The molecule has 0 aliphatic heterocycles. The van der Waals surface area contributed by atoms with Crippen LogP contribution >= 0.6 is 11.6 Å². The molecular formula is C10H13ClO2Si. The largest absolute Gasteiger partial charge is 0.544 e. The van der Waals surface area contributed by atoms with Crippen LogP contribution in [0.3, 0.4) is 0 Å². The topological polar surface area (TPSA) is 26.3 Å². The molecule has 0 unspecified atom stereocenters. The van der Waals surface area contributed by atoms with Gasteiger partial charge in [0.25, 0.3) is 5.24 Å². The highest BCUT2D eigenvalue weighted by Gasteiger charge is 2.19. The lowest BCUT2D eigenvalue weighted by molar-refractivity contribution is 0.108. The third kappa shape index (κ3) is 3.16. The first kappa shape index (κ1) is 11.3. The van der Waals surface area contributed by atoms with E-state index in [9.17, 15) is 4.79 Å². The van der Waals surface area contributed by atoms with Gasteiger partial charge in [-0.3, -0.25) is 4.79 Å². The zero-order valence-electron chi connectivity index (χ0n) is 8.50. The molecule has 0 N–H and O–H groups in total. The second-order valence-corrected chi connectivity index (χ2v) is 8.76. The van der Waals surface area contributed by atoms with Gasteiger partial charge in [-0.15, -0.1) is 0 Å². The molecule has 14 heavy (non-hydrogen) atoms. The van der Waals surface area contributed by atoms with Crippen molar-refractivity contribution in [2.75, 3.05) is 0 Å². The Balaban J connectivity index is 3.02. The minimum Gasteiger partial charge on any atom is -0.544 e. The summed E-state index contributed by atoms with van der Waals surface area (Å²) in [6.07, 6.45) is 0. The maximum atomic E-state index is 11.1. The zero-order chi connectivity index (χ0) is 10.8. The van der Waals surface area contributed by atoms with E-state index in [1.807, 2.05) is 6.07 Å². The van der Waals surface area contributed by atoms with E-state index in [1.165, 1.54) is 0 Å². The van der Waals surface area contributed by atoms with Gasteiger partial charge in [-0.2, -0.15) is 0 Å². The van der Waals surface area contributed by atoms with E-state index >= 15 is 0 Å². The molecule has 0 aliphatic rings. The van der Waals surface area contributed by atoms with Gasteiger partial charge >= 0.3 is 0 Å². The van der Waals surface area contributed by atoms with E-state index in [0.29, 0.717) is 11.3 Å². The van der Waals surface area contributed by atoms with E-state index in [-0.39, 0.29) is 0 Å². The molecule has 0 saturated carbocycles. The third-order valence-corrected chi connectivity index (χ3v) is 2.55. The monoisotopic (exact) mass is 228 g/mol. The van der Waals surface area contributed by atoms with Gasteiger partial charge < -0.3 is 4.43 Å². The van der Waals surface area contributed by atoms with Crippen LogP contribution in [0.5, 0.6) is 5.75 Å². The van der Waals surface area contributed by atoms with Gasteiger partial charge in [-0.05, 0) is 43.4 Å². The first-order valence-electron chi connectivity index (χ1n) is 4.38. The molecule has 1 rings (SSSR count). The highest BCUT2D eigenvalue weighted by Crippen LogP contribution is 2.22. The number of hydrogen-bond acceptors (Lipinski definition) is 2. The van der Waals surface area contributed by atoms with Crippen LogP contribution in [0.4, 0.5) is 0 Å². The number of hydrogen-bond donors (Lipinski definition) is 0. The number of para-hydroxylation sites is 1. The van der Waals surface area contributed by atoms with Gasteiger partial charge in [0.05, 0.1) is 5.56 Å². The van der Waals surface area contributed by atoms with Gasteiger partial charge in [0.2, 0.25) is 8.32 Å². The van der Waals surface area contributed by atoms with Crippen LogP contribution < -0.4 is 4.43 Å². The lowest BCUT2D eigenvalue weighted by Gasteiger charge is -2.20. The minimum atomic E-state index is -1.69. The second kappa shape index (κ2) is 4.15. The molecule has 2 nitrogen and oxygen atoms in total. The number of rotatable bonds is 3. The normalized spacial score (nSPS) is 11.1. The molecule has 0 spiro atoms. The summed E-state index contributed by atoms with van der Waals surface area (Å²) in [5.41, 5.74) is 0.441. The molecule has 0 fully saturated rings. The zero-order valence-corrected chi connectivity index (χ0v) is 10.3. The Labute approximate surface area is 90.0 Å². The Hall–Kier alpha value is -0.803. The molecule has 0 saturated heterocycles. The summed E-state index contributed by atoms with van der Waals surface area (Å²) < 4.78 is 5.73. The summed E-state index contributed by atoms with van der Waals surface area (Å²) in [7, 11) is -1.69. The van der Waals surface area contributed by atoms with Gasteiger partial charge in [-0.1, -0.05) is 12.1 Å². The Morgan fingerprint density at radius 1 is 1.29 bits per heavy atom. The molecule has 0 radical (unpaired) electrons. The van der Waals surface area contributed by atoms with Crippen LogP contribution in [-0.4, -0.2) is 13.6 Å². The van der Waals surface area contributed by atoms with Crippen molar-refractivity contribution in [3.8, 4) is 5.75 Å². The van der Waals surface area contributed by atoms with Crippen LogP contribution in [0.25, 0.3) is 0 Å². The predicted octanol–water partition coefficient (Wildman–Crippen LogP) is 3.28. The highest BCUT2D eigenvalue weighted by molar-refractivity contribution is 6.71. The van der Waals surface area contributed by atoms with Crippen molar-refractivity contribution in [2.24, 2.45) is 0 Å². The summed E-state index contributed by atoms with van der Waals surface area (Å²) in [5, 5.41) is -0.473. The van der Waals surface area contributed by atoms with Gasteiger partial charge in [0.1, 0.15) is 5.75 Å². The summed E-state index contributed by atoms with van der Waals surface area (Å²) >= 11 is 5.43. The summed E-state index contributed by atoms with van der Waals surface area (Å²) in [5.74, 6) is 0.590. The van der Waals surface area contributed by atoms with Gasteiger partial charge in [-0.25, -0.2) is 0 Å². The number of benzene rings is 1. The molecule has 1 aromatic carbocycles. The maximum Gasteiger partial charge on any atom is 0.256 e. The number of carbonyl (C=O) groups is 1. The van der Waals surface area contributed by atoms with Crippen molar-refractivity contribution in [3.63, 3.8) is 0 Å². The van der Waals surface area contributed by atoms with Crippen LogP contribution in [0.1, 0.15) is 10.4 Å². The average molecular weight is 229 g/mol. The first-order valence-corrected chi connectivity index (χ1v) is 8.16. The van der Waals surface area contributed by atoms with Crippen LogP contribution in [0.15, 0.2) is 24.3 Å². The highest BCUT2D eigenvalue weighted by atomic mass is 35.5. The molecule has 0 atom stereocenters. The molecule has 0 bridgehead atoms. The van der Waals surface area contributed by atoms with Crippen molar-refractivity contribution in [1.82, 2.24) is 0 Å². The third-order valence-electron chi connectivity index (χ3n) is 1.51. The lowest BCUT2D eigenvalue weighted by atomic mass is 10.2. The molecule has 76 valence electrons.